The molecule has 1 saturated heterocycles. The standard InChI is InChI=1S/C39H28Br3ClN2O5/c1-20-35(43)32(42)15-26-29(39(49)50-19-34(46)24-9-7-22(8-10-24)21-5-3-2-4-6-21)18-33(44-36(20)26)23-11-13-25(14-12-23)45-37(47)27-16-30(40)31(41)17-28(27)38(45)48/h2-15,18,27-28,30-31H,16-17,19H2,1H3. The van der Waals surface area contributed by atoms with Crippen molar-refractivity contribution in [2.45, 2.75) is 29.4 Å². The van der Waals surface area contributed by atoms with Crippen LogP contribution in [0.3, 0.4) is 0 Å². The van der Waals surface area contributed by atoms with Gasteiger partial charge >= 0.3 is 5.97 Å². The van der Waals surface area contributed by atoms with Crippen molar-refractivity contribution in [3.05, 3.63) is 117 Å². The number of benzene rings is 4. The number of aryl methyl sites for hydroxylation is 1. The molecular weight excluding hydrogens is 852 g/mol. The molecule has 2 fully saturated rings. The van der Waals surface area contributed by atoms with Crippen molar-refractivity contribution >= 4 is 99.5 Å². The number of fused-ring (bicyclic) bond motifs is 2. The van der Waals surface area contributed by atoms with Crippen molar-refractivity contribution in [3.63, 3.8) is 0 Å². The molecule has 11 heteroatoms. The Hall–Kier alpha value is -3.70. The number of hydrogen-bond acceptors (Lipinski definition) is 6. The average Bonchev–Trinajstić information content (AvgIpc) is 3.37. The van der Waals surface area contributed by atoms with Crippen molar-refractivity contribution in [1.82, 2.24) is 4.98 Å². The third-order valence-electron chi connectivity index (χ3n) is 9.42. The lowest BCUT2D eigenvalue weighted by Crippen LogP contribution is -2.34. The highest BCUT2D eigenvalue weighted by atomic mass is 79.9. The second-order valence-electron chi connectivity index (χ2n) is 12.5. The number of ether oxygens (including phenoxy) is 1. The molecule has 4 atom stereocenters. The second kappa shape index (κ2) is 14.1. The number of hydrogen-bond donors (Lipinski definition) is 0. The molecule has 0 bridgehead atoms. The summed E-state index contributed by atoms with van der Waals surface area (Å²) < 4.78 is 6.17. The monoisotopic (exact) mass is 876 g/mol. The van der Waals surface area contributed by atoms with Crippen molar-refractivity contribution in [2.75, 3.05) is 11.5 Å². The Morgan fingerprint density at radius 1 is 0.840 bits per heavy atom. The number of halogens is 4. The number of esters is 1. The molecule has 7 nitrogen and oxygen atoms in total. The lowest BCUT2D eigenvalue weighted by molar-refractivity contribution is -0.122. The molecule has 4 unspecified atom stereocenters. The van der Waals surface area contributed by atoms with Gasteiger partial charge in [0.05, 0.1) is 39.3 Å². The number of imide groups is 1. The fourth-order valence-electron chi connectivity index (χ4n) is 6.68. The quantitative estimate of drug-likeness (QED) is 0.0700. The van der Waals surface area contributed by atoms with Crippen LogP contribution in [0, 0.1) is 18.8 Å². The number of ketones is 1. The van der Waals surface area contributed by atoms with Gasteiger partial charge in [-0.3, -0.25) is 19.3 Å². The van der Waals surface area contributed by atoms with Crippen molar-refractivity contribution in [1.29, 1.82) is 0 Å². The zero-order chi connectivity index (χ0) is 35.3. The predicted octanol–water partition coefficient (Wildman–Crippen LogP) is 9.76. The van der Waals surface area contributed by atoms with Gasteiger partial charge in [-0.1, -0.05) is 110 Å². The summed E-state index contributed by atoms with van der Waals surface area (Å²) in [6, 6.07) is 27.3. The molecule has 5 aromatic rings. The zero-order valence-corrected chi connectivity index (χ0v) is 32.1. The number of nitrogens with zero attached hydrogens (tertiary/aromatic N) is 2. The van der Waals surface area contributed by atoms with Crippen LogP contribution in [0.5, 0.6) is 0 Å². The summed E-state index contributed by atoms with van der Waals surface area (Å²) in [4.78, 5) is 59.8. The molecule has 1 aromatic heterocycles. The molecule has 2 aliphatic rings. The van der Waals surface area contributed by atoms with Crippen LogP contribution < -0.4 is 4.90 Å². The maximum Gasteiger partial charge on any atom is 0.339 e. The van der Waals surface area contributed by atoms with Crippen LogP contribution in [0.25, 0.3) is 33.3 Å². The molecule has 0 spiro atoms. The van der Waals surface area contributed by atoms with E-state index in [0.29, 0.717) is 61.3 Å². The first kappa shape index (κ1) is 34.7. The molecule has 1 aliphatic carbocycles. The SMILES string of the molecule is Cc1c(Cl)c(Br)cc2c(C(=O)OCC(=O)c3ccc(-c4ccccc4)cc3)cc(-c3ccc(N4C(=O)C5CC(Br)C(Br)CC5C4=O)cc3)nc12. The molecule has 50 heavy (non-hydrogen) atoms. The van der Waals surface area contributed by atoms with E-state index in [1.807, 2.05) is 49.4 Å². The fourth-order valence-corrected chi connectivity index (χ4v) is 8.59. The van der Waals surface area contributed by atoms with Gasteiger partial charge < -0.3 is 4.74 Å². The van der Waals surface area contributed by atoms with E-state index in [0.717, 1.165) is 11.1 Å². The van der Waals surface area contributed by atoms with E-state index in [4.69, 9.17) is 21.3 Å². The highest BCUT2D eigenvalue weighted by Crippen LogP contribution is 2.45. The molecule has 252 valence electrons. The maximum absolute atomic E-state index is 13.7. The first-order chi connectivity index (χ1) is 24.0. The van der Waals surface area contributed by atoms with E-state index in [2.05, 4.69) is 47.8 Å². The number of carbonyl (C=O) groups is 4. The fraction of sp³-hybridized carbons (Fsp3) is 0.205. The summed E-state index contributed by atoms with van der Waals surface area (Å²) in [5.41, 5.74) is 5.38. The Balaban J connectivity index is 1.15. The molecule has 0 N–H and O–H groups in total. The van der Waals surface area contributed by atoms with Gasteiger partial charge in [-0.15, -0.1) is 0 Å². The van der Waals surface area contributed by atoms with E-state index < -0.39 is 12.6 Å². The van der Waals surface area contributed by atoms with Crippen LogP contribution in [0.4, 0.5) is 5.69 Å². The summed E-state index contributed by atoms with van der Waals surface area (Å²) >= 11 is 17.3. The van der Waals surface area contributed by atoms with Crippen LogP contribution in [0.1, 0.15) is 39.1 Å². The van der Waals surface area contributed by atoms with Gasteiger partial charge in [-0.05, 0) is 76.7 Å². The van der Waals surface area contributed by atoms with Crippen LogP contribution in [0.15, 0.2) is 95.5 Å². The number of amides is 2. The number of alkyl halides is 2. The third kappa shape index (κ3) is 6.47. The minimum atomic E-state index is -0.691. The molecule has 1 aliphatic heterocycles. The first-order valence-electron chi connectivity index (χ1n) is 15.9. The topological polar surface area (TPSA) is 93.6 Å². The van der Waals surface area contributed by atoms with Crippen molar-refractivity contribution in [3.8, 4) is 22.4 Å². The molecular formula is C39H28Br3ClN2O5. The number of rotatable bonds is 7. The van der Waals surface area contributed by atoms with Crippen molar-refractivity contribution < 1.29 is 23.9 Å². The average molecular weight is 880 g/mol. The van der Waals surface area contributed by atoms with E-state index in [-0.39, 0.29) is 44.7 Å². The Kier molecular flexibility index (Phi) is 9.82. The predicted molar refractivity (Wildman–Crippen MR) is 205 cm³/mol. The lowest BCUT2D eigenvalue weighted by Gasteiger charge is -2.29. The number of pyridine rings is 1. The second-order valence-corrected chi connectivity index (χ2v) is 16.1. The largest absolute Gasteiger partial charge is 0.454 e. The minimum Gasteiger partial charge on any atom is -0.454 e. The van der Waals surface area contributed by atoms with Crippen LogP contribution in [-0.4, -0.2) is 44.8 Å². The van der Waals surface area contributed by atoms with Crippen LogP contribution in [0.2, 0.25) is 5.02 Å². The molecule has 2 amide bonds. The Bertz CT molecular complexity index is 2150. The van der Waals surface area contributed by atoms with Crippen LogP contribution in [-0.2, 0) is 14.3 Å². The first-order valence-corrected chi connectivity index (χ1v) is 18.9. The lowest BCUT2D eigenvalue weighted by atomic mass is 9.81. The molecule has 1 saturated carbocycles. The third-order valence-corrected chi connectivity index (χ3v) is 13.5. The van der Waals surface area contributed by atoms with E-state index in [9.17, 15) is 19.2 Å². The molecule has 0 radical (unpaired) electrons. The zero-order valence-electron chi connectivity index (χ0n) is 26.5. The smallest absolute Gasteiger partial charge is 0.339 e. The highest BCUT2D eigenvalue weighted by molar-refractivity contribution is 9.12. The summed E-state index contributed by atoms with van der Waals surface area (Å²) in [6.07, 6.45) is 1.17. The number of Topliss-reactive ketones (excluding diaryl/α,β-unsaturated/α-hetero) is 1. The van der Waals surface area contributed by atoms with Gasteiger partial charge in [0, 0.05) is 30.6 Å². The van der Waals surface area contributed by atoms with Crippen LogP contribution >= 0.6 is 59.4 Å². The van der Waals surface area contributed by atoms with E-state index in [1.165, 1.54) is 4.90 Å². The summed E-state index contributed by atoms with van der Waals surface area (Å²) in [5.74, 6) is -2.13. The molecule has 2 heterocycles. The number of carbonyl (C=O) groups excluding carboxylic acids is 4. The highest BCUT2D eigenvalue weighted by Gasteiger charge is 2.52. The van der Waals surface area contributed by atoms with Gasteiger partial charge in [-0.2, -0.15) is 0 Å². The molecule has 7 rings (SSSR count). The Labute approximate surface area is 318 Å². The minimum absolute atomic E-state index is 0.116. The Morgan fingerprint density at radius 3 is 2.04 bits per heavy atom. The maximum atomic E-state index is 13.7. The number of aromatic nitrogens is 1. The van der Waals surface area contributed by atoms with Gasteiger partial charge in [0.25, 0.3) is 0 Å². The summed E-state index contributed by atoms with van der Waals surface area (Å²) in [5, 5.41) is 0.963. The normalized spacial score (nSPS) is 20.2. The summed E-state index contributed by atoms with van der Waals surface area (Å²) in [6.45, 7) is 1.36. The van der Waals surface area contributed by atoms with Crippen molar-refractivity contribution in [2.24, 2.45) is 11.8 Å². The van der Waals surface area contributed by atoms with Gasteiger partial charge in [0.2, 0.25) is 11.8 Å². The molecule has 4 aromatic carbocycles. The summed E-state index contributed by atoms with van der Waals surface area (Å²) in [7, 11) is 0. The van der Waals surface area contributed by atoms with E-state index >= 15 is 0 Å². The van der Waals surface area contributed by atoms with E-state index in [1.54, 1.807) is 48.5 Å². The Morgan fingerprint density at radius 2 is 1.42 bits per heavy atom. The van der Waals surface area contributed by atoms with Gasteiger partial charge in [0.1, 0.15) is 0 Å². The van der Waals surface area contributed by atoms with Gasteiger partial charge in [0.15, 0.2) is 12.4 Å². The van der Waals surface area contributed by atoms with Gasteiger partial charge in [-0.25, -0.2) is 9.78 Å². The number of anilines is 1.